The molecule has 5 N–H and O–H groups in total. The van der Waals surface area contributed by atoms with Crippen LogP contribution < -0.4 is 11.5 Å². The van der Waals surface area contributed by atoms with E-state index in [1.807, 2.05) is 48.5 Å². The van der Waals surface area contributed by atoms with Gasteiger partial charge >= 0.3 is 5.97 Å². The smallest absolute Gasteiger partial charge is 0.324 e. The number of primary amides is 1. The highest BCUT2D eigenvalue weighted by molar-refractivity contribution is 6.13. The minimum absolute atomic E-state index is 0.0165. The quantitative estimate of drug-likeness (QED) is 0.201. The summed E-state index contributed by atoms with van der Waals surface area (Å²) >= 11 is 0. The minimum atomic E-state index is -1.19. The number of para-hydroxylation sites is 1. The van der Waals surface area contributed by atoms with Gasteiger partial charge in [0.15, 0.2) is 5.78 Å². The zero-order valence-electron chi connectivity index (χ0n) is 19.1. The molecule has 0 spiro atoms. The molecular formula is C26H26N4O5. The van der Waals surface area contributed by atoms with Crippen LogP contribution in [-0.4, -0.2) is 40.0 Å². The average molecular weight is 475 g/mol. The van der Waals surface area contributed by atoms with Gasteiger partial charge in [-0.15, -0.1) is 0 Å². The Bertz CT molecular complexity index is 1350. The number of carbonyl (C=O) groups is 4. The molecule has 0 radical (unpaired) electrons. The lowest BCUT2D eigenvalue weighted by atomic mass is 9.98. The van der Waals surface area contributed by atoms with Crippen molar-refractivity contribution < 1.29 is 23.9 Å². The zero-order valence-corrected chi connectivity index (χ0v) is 19.1. The van der Waals surface area contributed by atoms with Crippen molar-refractivity contribution in [2.75, 3.05) is 0 Å². The van der Waals surface area contributed by atoms with Crippen molar-refractivity contribution in [1.82, 2.24) is 9.97 Å². The molecule has 4 rings (SSSR count). The zero-order chi connectivity index (χ0) is 25.4. The fourth-order valence-electron chi connectivity index (χ4n) is 3.53. The van der Waals surface area contributed by atoms with E-state index >= 15 is 0 Å². The normalized spacial score (nSPS) is 12.3. The van der Waals surface area contributed by atoms with Crippen LogP contribution in [-0.2, 0) is 25.7 Å². The highest BCUT2D eigenvalue weighted by atomic mass is 16.5. The Labute approximate surface area is 201 Å². The molecule has 9 heteroatoms. The van der Waals surface area contributed by atoms with Crippen LogP contribution in [0.5, 0.6) is 0 Å². The van der Waals surface area contributed by atoms with Gasteiger partial charge in [0, 0.05) is 41.7 Å². The molecule has 1 amide bonds. The first-order valence-electron chi connectivity index (χ1n) is 10.9. The molecule has 0 aliphatic rings. The summed E-state index contributed by atoms with van der Waals surface area (Å²) in [4.78, 5) is 52.0. The minimum Gasteiger partial charge on any atom is -0.460 e. The lowest BCUT2D eigenvalue weighted by Crippen LogP contribution is -2.41. The van der Waals surface area contributed by atoms with E-state index in [1.165, 1.54) is 6.92 Å². The van der Waals surface area contributed by atoms with Crippen LogP contribution in [0.25, 0.3) is 21.8 Å². The Kier molecular flexibility index (Phi) is 8.42. The number of fused-ring (bicyclic) bond motifs is 3. The molecule has 35 heavy (non-hydrogen) atoms. The Morgan fingerprint density at radius 2 is 1.71 bits per heavy atom. The number of amides is 1. The molecule has 2 aromatic carbocycles. The lowest BCUT2D eigenvalue weighted by Gasteiger charge is -2.16. The van der Waals surface area contributed by atoms with Crippen molar-refractivity contribution >= 4 is 45.8 Å². The number of carbonyl (C=O) groups excluding carboxylic acids is 4. The van der Waals surface area contributed by atoms with Crippen LogP contribution in [0.2, 0.25) is 0 Å². The first kappa shape index (κ1) is 25.3. The van der Waals surface area contributed by atoms with E-state index in [0.29, 0.717) is 12.0 Å². The van der Waals surface area contributed by atoms with Gasteiger partial charge in [-0.3, -0.25) is 19.4 Å². The number of benzene rings is 2. The Balaban J connectivity index is 0.000000197. The van der Waals surface area contributed by atoms with E-state index in [4.69, 9.17) is 16.2 Å². The number of aldehydes is 1. The predicted octanol–water partition coefficient (Wildman–Crippen LogP) is 2.67. The van der Waals surface area contributed by atoms with Gasteiger partial charge < -0.3 is 26.0 Å². The molecule has 0 saturated carbocycles. The van der Waals surface area contributed by atoms with Crippen LogP contribution in [0.1, 0.15) is 29.4 Å². The number of ketones is 1. The van der Waals surface area contributed by atoms with Crippen molar-refractivity contribution in [3.8, 4) is 0 Å². The highest BCUT2D eigenvalue weighted by Crippen LogP contribution is 2.26. The van der Waals surface area contributed by atoms with Crippen LogP contribution in [0, 0.1) is 5.92 Å². The van der Waals surface area contributed by atoms with Gasteiger partial charge in [-0.1, -0.05) is 48.5 Å². The second-order valence-electron chi connectivity index (χ2n) is 7.90. The third-order valence-corrected chi connectivity index (χ3v) is 5.33. The lowest BCUT2D eigenvalue weighted by molar-refractivity contribution is -0.149. The van der Waals surface area contributed by atoms with Crippen LogP contribution >= 0.6 is 0 Å². The number of nitrogens with one attached hydrogen (secondary N) is 1. The predicted molar refractivity (Wildman–Crippen MR) is 131 cm³/mol. The Morgan fingerprint density at radius 1 is 1.03 bits per heavy atom. The number of H-pyrrole nitrogens is 1. The number of hydrogen-bond donors (Lipinski definition) is 3. The summed E-state index contributed by atoms with van der Waals surface area (Å²) in [6.07, 6.45) is 1.85. The second-order valence-corrected chi connectivity index (χ2v) is 7.90. The van der Waals surface area contributed by atoms with Crippen LogP contribution in [0.3, 0.4) is 0 Å². The molecule has 0 fully saturated rings. The SMILES string of the molecule is CC(=O)c1nccc2c1[nH]c1ccccc12.NC(=O)CC(C=O)C(N)C(=O)OCc1ccccc1. The number of ether oxygens (including phenoxy) is 1. The molecular weight excluding hydrogens is 448 g/mol. The first-order valence-corrected chi connectivity index (χ1v) is 10.9. The maximum absolute atomic E-state index is 11.6. The van der Waals surface area contributed by atoms with Gasteiger partial charge in [0.05, 0.1) is 5.52 Å². The number of aromatic amines is 1. The fraction of sp³-hybridized carbons (Fsp3) is 0.192. The number of Topliss-reactive ketones (excluding diaryl/α,β-unsaturated/α-hetero) is 1. The first-order chi connectivity index (χ1) is 16.8. The van der Waals surface area contributed by atoms with Crippen molar-refractivity contribution in [2.45, 2.75) is 26.0 Å². The van der Waals surface area contributed by atoms with E-state index in [1.54, 1.807) is 18.3 Å². The standard InChI is InChI=1S/C13H16N2O4.C13H10N2O/c14-11(17)6-10(7-16)12(15)13(18)19-8-9-4-2-1-3-5-9;1-8(16)12-13-10(6-7-14-12)9-4-2-3-5-11(9)15-13/h1-5,7,10,12H,6,8,15H2,(H2,14,17);2-7,15H,1H3. The van der Waals surface area contributed by atoms with E-state index in [9.17, 15) is 19.2 Å². The van der Waals surface area contributed by atoms with Gasteiger partial charge in [-0.05, 0) is 17.7 Å². The average Bonchev–Trinajstić information content (AvgIpc) is 3.25. The largest absolute Gasteiger partial charge is 0.460 e. The van der Waals surface area contributed by atoms with Gasteiger partial charge in [0.25, 0.3) is 0 Å². The van der Waals surface area contributed by atoms with Crippen molar-refractivity contribution in [2.24, 2.45) is 17.4 Å². The summed E-state index contributed by atoms with van der Waals surface area (Å²) in [6.45, 7) is 1.60. The van der Waals surface area contributed by atoms with Gasteiger partial charge in [-0.25, -0.2) is 0 Å². The van der Waals surface area contributed by atoms with Crippen LogP contribution in [0.4, 0.5) is 0 Å². The Hall–Kier alpha value is -4.37. The number of aromatic nitrogens is 2. The molecule has 0 aliphatic heterocycles. The summed E-state index contributed by atoms with van der Waals surface area (Å²) in [5.41, 5.74) is 13.7. The summed E-state index contributed by atoms with van der Waals surface area (Å²) in [7, 11) is 0. The molecule has 4 aromatic rings. The Morgan fingerprint density at radius 3 is 2.37 bits per heavy atom. The van der Waals surface area contributed by atoms with Gasteiger partial charge in [0.1, 0.15) is 24.6 Å². The number of hydrogen-bond acceptors (Lipinski definition) is 7. The summed E-state index contributed by atoms with van der Waals surface area (Å²) in [6, 6.07) is 17.8. The number of rotatable bonds is 8. The molecule has 180 valence electrons. The summed E-state index contributed by atoms with van der Waals surface area (Å²) < 4.78 is 4.98. The van der Waals surface area contributed by atoms with Gasteiger partial charge in [0.2, 0.25) is 5.91 Å². The molecule has 2 unspecified atom stereocenters. The monoisotopic (exact) mass is 474 g/mol. The fourth-order valence-corrected chi connectivity index (χ4v) is 3.53. The van der Waals surface area contributed by atoms with E-state index in [-0.39, 0.29) is 18.8 Å². The molecule has 0 saturated heterocycles. The third-order valence-electron chi connectivity index (χ3n) is 5.33. The molecule has 0 bridgehead atoms. The molecule has 2 heterocycles. The van der Waals surface area contributed by atoms with E-state index in [0.717, 1.165) is 27.4 Å². The van der Waals surface area contributed by atoms with Crippen molar-refractivity contribution in [3.63, 3.8) is 0 Å². The number of nitrogens with two attached hydrogens (primary N) is 2. The van der Waals surface area contributed by atoms with Gasteiger partial charge in [-0.2, -0.15) is 0 Å². The number of pyridine rings is 1. The van der Waals surface area contributed by atoms with E-state index in [2.05, 4.69) is 9.97 Å². The molecule has 2 atom stereocenters. The maximum atomic E-state index is 11.6. The third kappa shape index (κ3) is 6.36. The summed E-state index contributed by atoms with van der Waals surface area (Å²) in [5.74, 6) is -2.40. The molecule has 0 aliphatic carbocycles. The van der Waals surface area contributed by atoms with Crippen LogP contribution in [0.15, 0.2) is 66.9 Å². The molecule has 2 aromatic heterocycles. The van der Waals surface area contributed by atoms with Crippen molar-refractivity contribution in [1.29, 1.82) is 0 Å². The highest BCUT2D eigenvalue weighted by Gasteiger charge is 2.27. The second kappa shape index (κ2) is 11.7. The topological polar surface area (TPSA) is 158 Å². The van der Waals surface area contributed by atoms with Crippen molar-refractivity contribution in [3.05, 3.63) is 78.1 Å². The number of esters is 1. The number of nitrogens with zero attached hydrogens (tertiary/aromatic N) is 1. The maximum Gasteiger partial charge on any atom is 0.324 e. The molecule has 9 nitrogen and oxygen atoms in total. The van der Waals surface area contributed by atoms with E-state index < -0.39 is 23.8 Å². The summed E-state index contributed by atoms with van der Waals surface area (Å²) in [5, 5.41) is 2.18.